The average Bonchev–Trinajstić information content (AvgIpc) is 3.29. The highest BCUT2D eigenvalue weighted by molar-refractivity contribution is 7.47. The summed E-state index contributed by atoms with van der Waals surface area (Å²) < 4.78 is 58.5. The number of hydrogen-bond acceptors (Lipinski definition) is 9. The number of ether oxygens (including phenoxy) is 6. The van der Waals surface area contributed by atoms with Crippen LogP contribution in [0.25, 0.3) is 0 Å². The molecule has 206 valence electrons. The van der Waals surface area contributed by atoms with E-state index in [1.54, 1.807) is 0 Å². The van der Waals surface area contributed by atoms with E-state index in [-0.39, 0.29) is 18.8 Å². The van der Waals surface area contributed by atoms with Gasteiger partial charge in [-0.15, -0.1) is 0 Å². The van der Waals surface area contributed by atoms with E-state index in [0.29, 0.717) is 0 Å². The number of methoxy groups -OCH3 is 2. The predicted octanol–water partition coefficient (Wildman–Crippen LogP) is 2.47. The van der Waals surface area contributed by atoms with Crippen molar-refractivity contribution in [2.45, 2.75) is 121 Å². The first-order valence-electron chi connectivity index (χ1n) is 12.6. The SMILES string of the molecule is [B]C1OC(COP(=O)(O)OC2C(COC(C)(CC)CC)OC([B])C2OC)C(OC(C)(C)CC)C1OC. The van der Waals surface area contributed by atoms with Crippen LogP contribution in [0, 0.1) is 0 Å². The summed E-state index contributed by atoms with van der Waals surface area (Å²) in [6.07, 6.45) is -2.18. The van der Waals surface area contributed by atoms with Gasteiger partial charge in [-0.1, -0.05) is 20.8 Å². The van der Waals surface area contributed by atoms with Gasteiger partial charge in [0.25, 0.3) is 0 Å². The molecule has 0 saturated carbocycles. The molecule has 0 spiro atoms. The molecule has 0 aromatic carbocycles. The molecular formula is C23H43B2O10P. The molecule has 0 bridgehead atoms. The van der Waals surface area contributed by atoms with Crippen molar-refractivity contribution in [1.29, 1.82) is 0 Å². The quantitative estimate of drug-likeness (QED) is 0.250. The molecule has 2 fully saturated rings. The van der Waals surface area contributed by atoms with Gasteiger partial charge < -0.3 is 33.3 Å². The highest BCUT2D eigenvalue weighted by Gasteiger charge is 2.49. The molecule has 0 amide bonds. The maximum atomic E-state index is 13.0. The van der Waals surface area contributed by atoms with Crippen LogP contribution in [0.3, 0.4) is 0 Å². The van der Waals surface area contributed by atoms with Crippen molar-refractivity contribution < 1.29 is 46.9 Å². The summed E-state index contributed by atoms with van der Waals surface area (Å²) >= 11 is 0. The summed E-state index contributed by atoms with van der Waals surface area (Å²) in [5, 5.41) is 0. The van der Waals surface area contributed by atoms with Gasteiger partial charge >= 0.3 is 7.82 Å². The summed E-state index contributed by atoms with van der Waals surface area (Å²) in [6, 6.07) is -1.65. The maximum Gasteiger partial charge on any atom is 0.472 e. The van der Waals surface area contributed by atoms with Crippen LogP contribution in [-0.2, 0) is 42.0 Å². The fourth-order valence-electron chi connectivity index (χ4n) is 4.13. The topological polar surface area (TPSA) is 111 Å². The Kier molecular flexibility index (Phi) is 12.0. The van der Waals surface area contributed by atoms with Crippen LogP contribution in [0.1, 0.15) is 60.8 Å². The number of phosphoric acid groups is 1. The maximum absolute atomic E-state index is 13.0. The molecule has 10 nitrogen and oxygen atoms in total. The largest absolute Gasteiger partial charge is 0.472 e. The second-order valence-electron chi connectivity index (χ2n) is 10.2. The zero-order valence-corrected chi connectivity index (χ0v) is 23.8. The molecule has 0 aliphatic carbocycles. The molecule has 2 aliphatic heterocycles. The highest BCUT2D eigenvalue weighted by Crippen LogP contribution is 2.48. The van der Waals surface area contributed by atoms with Crippen molar-refractivity contribution in [1.82, 2.24) is 0 Å². The number of hydrogen-bond donors (Lipinski definition) is 1. The van der Waals surface area contributed by atoms with Crippen LogP contribution < -0.4 is 0 Å². The van der Waals surface area contributed by atoms with E-state index in [9.17, 15) is 9.46 Å². The molecule has 0 aromatic heterocycles. The van der Waals surface area contributed by atoms with Gasteiger partial charge in [0.05, 0.1) is 24.4 Å². The Labute approximate surface area is 218 Å². The van der Waals surface area contributed by atoms with Crippen molar-refractivity contribution in [3.63, 3.8) is 0 Å². The summed E-state index contributed by atoms with van der Waals surface area (Å²) in [6.45, 7) is 11.7. The van der Waals surface area contributed by atoms with Gasteiger partial charge in [-0.05, 0) is 40.0 Å². The molecule has 13 heteroatoms. The van der Waals surface area contributed by atoms with Crippen LogP contribution in [-0.4, -0.2) is 108 Å². The molecule has 1 N–H and O–H groups in total. The molecule has 0 aromatic rings. The molecule has 2 heterocycles. The molecule has 9 unspecified atom stereocenters. The second-order valence-corrected chi connectivity index (χ2v) is 11.6. The third kappa shape index (κ3) is 8.25. The van der Waals surface area contributed by atoms with Gasteiger partial charge in [0, 0.05) is 26.2 Å². The van der Waals surface area contributed by atoms with Crippen LogP contribution in [0.2, 0.25) is 0 Å². The van der Waals surface area contributed by atoms with E-state index in [1.165, 1.54) is 14.2 Å². The van der Waals surface area contributed by atoms with Gasteiger partial charge in [0.15, 0.2) is 0 Å². The fraction of sp³-hybridized carbons (Fsp3) is 1.00. The monoisotopic (exact) mass is 532 g/mol. The molecule has 9 atom stereocenters. The van der Waals surface area contributed by atoms with E-state index < -0.39 is 62.1 Å². The first-order chi connectivity index (χ1) is 16.7. The lowest BCUT2D eigenvalue weighted by atomic mass is 9.92. The van der Waals surface area contributed by atoms with E-state index in [4.69, 9.17) is 53.2 Å². The Balaban J connectivity index is 2.09. The average molecular weight is 532 g/mol. The summed E-state index contributed by atoms with van der Waals surface area (Å²) in [7, 11) is 10.4. The molecule has 36 heavy (non-hydrogen) atoms. The Morgan fingerprint density at radius 3 is 1.81 bits per heavy atom. The number of phosphoric ester groups is 1. The highest BCUT2D eigenvalue weighted by atomic mass is 31.2. The third-order valence-electron chi connectivity index (χ3n) is 7.29. The summed E-state index contributed by atoms with van der Waals surface area (Å²) in [4.78, 5) is 10.6. The second kappa shape index (κ2) is 13.4. The minimum atomic E-state index is -4.61. The van der Waals surface area contributed by atoms with Gasteiger partial charge in [-0.25, -0.2) is 4.57 Å². The normalized spacial score (nSPS) is 35.2. The van der Waals surface area contributed by atoms with Crippen LogP contribution in [0.5, 0.6) is 0 Å². The van der Waals surface area contributed by atoms with Gasteiger partial charge in [-0.2, -0.15) is 0 Å². The summed E-state index contributed by atoms with van der Waals surface area (Å²) in [5.41, 5.74) is -0.867. The van der Waals surface area contributed by atoms with Gasteiger partial charge in [0.2, 0.25) is 0 Å². The van der Waals surface area contributed by atoms with Crippen molar-refractivity contribution in [2.24, 2.45) is 0 Å². The minimum Gasteiger partial charge on any atom is -0.377 e. The molecule has 2 aliphatic rings. The van der Waals surface area contributed by atoms with Crippen molar-refractivity contribution >= 4 is 23.5 Å². The Morgan fingerprint density at radius 2 is 1.33 bits per heavy atom. The van der Waals surface area contributed by atoms with E-state index in [1.807, 2.05) is 41.5 Å². The lowest BCUT2D eigenvalue weighted by Crippen LogP contribution is -2.44. The van der Waals surface area contributed by atoms with E-state index in [2.05, 4.69) is 0 Å². The Morgan fingerprint density at radius 1 is 0.833 bits per heavy atom. The Hall–Kier alpha value is -0.000130. The first-order valence-corrected chi connectivity index (χ1v) is 14.1. The van der Waals surface area contributed by atoms with Crippen molar-refractivity contribution in [2.75, 3.05) is 27.4 Å². The first kappa shape index (κ1) is 32.2. The lowest BCUT2D eigenvalue weighted by Gasteiger charge is -2.33. The smallest absolute Gasteiger partial charge is 0.377 e. The van der Waals surface area contributed by atoms with Crippen molar-refractivity contribution in [3.05, 3.63) is 0 Å². The fourth-order valence-corrected chi connectivity index (χ4v) is 5.09. The van der Waals surface area contributed by atoms with Crippen molar-refractivity contribution in [3.8, 4) is 0 Å². The molecule has 2 saturated heterocycles. The molecular weight excluding hydrogens is 489 g/mol. The van der Waals surface area contributed by atoms with Crippen LogP contribution >= 0.6 is 7.82 Å². The zero-order valence-electron chi connectivity index (χ0n) is 22.9. The van der Waals surface area contributed by atoms with Gasteiger partial charge in [-0.3, -0.25) is 9.05 Å². The van der Waals surface area contributed by atoms with Gasteiger partial charge in [0.1, 0.15) is 52.3 Å². The predicted molar refractivity (Wildman–Crippen MR) is 135 cm³/mol. The molecule has 4 radical (unpaired) electrons. The lowest BCUT2D eigenvalue weighted by molar-refractivity contribution is -0.134. The van der Waals surface area contributed by atoms with Crippen LogP contribution in [0.4, 0.5) is 0 Å². The zero-order chi connectivity index (χ0) is 27.3. The summed E-state index contributed by atoms with van der Waals surface area (Å²) in [5.74, 6) is 0. The third-order valence-corrected chi connectivity index (χ3v) is 8.28. The number of rotatable bonds is 15. The van der Waals surface area contributed by atoms with E-state index >= 15 is 0 Å². The Bertz CT molecular complexity index is 725. The minimum absolute atomic E-state index is 0.106. The van der Waals surface area contributed by atoms with E-state index in [0.717, 1.165) is 19.3 Å². The standard InChI is InChI=1S/C23H43B2O10P/c1-9-22(4,5)34-16-15(33-20(24)18(16)28-7)13-31-36(26,27)35-17-14(32-21(25)19(17)29-8)12-30-23(6,10-2)11-3/h14-21H,9-13H2,1-8H3,(H,26,27). The van der Waals surface area contributed by atoms with Crippen LogP contribution in [0.15, 0.2) is 0 Å². The molecule has 2 rings (SSSR count).